The average molecular weight is 382 g/mol. The lowest BCUT2D eigenvalue weighted by atomic mass is 9.93. The maximum absolute atomic E-state index is 12.7. The first-order valence-corrected chi connectivity index (χ1v) is 8.98. The topological polar surface area (TPSA) is 105 Å². The van der Waals surface area contributed by atoms with Crippen molar-refractivity contribution in [2.75, 3.05) is 18.5 Å². The molecule has 1 unspecified atom stereocenters. The van der Waals surface area contributed by atoms with Gasteiger partial charge in [0.2, 0.25) is 0 Å². The summed E-state index contributed by atoms with van der Waals surface area (Å²) in [6.07, 6.45) is 0.233. The van der Waals surface area contributed by atoms with Crippen molar-refractivity contribution in [3.63, 3.8) is 0 Å². The molecule has 0 saturated carbocycles. The summed E-state index contributed by atoms with van der Waals surface area (Å²) in [5.74, 6) is -1.67. The zero-order chi connectivity index (χ0) is 20.1. The molecule has 0 bridgehead atoms. The van der Waals surface area contributed by atoms with Crippen LogP contribution >= 0.6 is 0 Å². The predicted octanol–water partition coefficient (Wildman–Crippen LogP) is 2.61. The largest absolute Gasteiger partial charge is 0.481 e. The normalized spacial score (nSPS) is 18.5. The van der Waals surface area contributed by atoms with Gasteiger partial charge in [-0.25, -0.2) is 0 Å². The number of hydrogen-bond acceptors (Lipinski definition) is 4. The molecule has 28 heavy (non-hydrogen) atoms. The minimum atomic E-state index is -0.995. The highest BCUT2D eigenvalue weighted by Crippen LogP contribution is 2.24. The van der Waals surface area contributed by atoms with Crippen molar-refractivity contribution >= 4 is 23.5 Å². The molecule has 7 nitrogen and oxygen atoms in total. The number of ether oxygens (including phenoxy) is 1. The molecule has 1 saturated heterocycles. The Kier molecular flexibility index (Phi) is 5.75. The van der Waals surface area contributed by atoms with Crippen LogP contribution in [0.3, 0.4) is 0 Å². The third kappa shape index (κ3) is 4.55. The zero-order valence-electron chi connectivity index (χ0n) is 15.5. The highest BCUT2D eigenvalue weighted by Gasteiger charge is 2.38. The van der Waals surface area contributed by atoms with Gasteiger partial charge in [0.25, 0.3) is 11.8 Å². The molecule has 1 atom stereocenters. The first-order chi connectivity index (χ1) is 13.4. The fraction of sp³-hybridized carbons (Fsp3) is 0.286. The smallest absolute Gasteiger partial charge is 0.305 e. The van der Waals surface area contributed by atoms with E-state index in [1.807, 2.05) is 13.0 Å². The summed E-state index contributed by atoms with van der Waals surface area (Å²) in [6, 6.07) is 13.8. The number of carbonyl (C=O) groups is 3. The molecule has 0 aliphatic carbocycles. The van der Waals surface area contributed by atoms with Gasteiger partial charge in [-0.05, 0) is 43.2 Å². The average Bonchev–Trinajstić information content (AvgIpc) is 3.11. The Bertz CT molecular complexity index is 889. The second-order valence-corrected chi connectivity index (χ2v) is 6.96. The van der Waals surface area contributed by atoms with Crippen LogP contribution in [0.2, 0.25) is 0 Å². The van der Waals surface area contributed by atoms with Crippen molar-refractivity contribution in [1.29, 1.82) is 0 Å². The number of aliphatic carboxylic acids is 1. The molecule has 3 rings (SSSR count). The number of carboxylic acids is 1. The van der Waals surface area contributed by atoms with Gasteiger partial charge in [-0.3, -0.25) is 14.4 Å². The van der Waals surface area contributed by atoms with Crippen molar-refractivity contribution < 1.29 is 24.2 Å². The summed E-state index contributed by atoms with van der Waals surface area (Å²) in [6.45, 7) is 2.40. The van der Waals surface area contributed by atoms with E-state index in [9.17, 15) is 14.4 Å². The number of aryl methyl sites for hydroxylation is 1. The van der Waals surface area contributed by atoms with Gasteiger partial charge in [0.15, 0.2) is 0 Å². The van der Waals surface area contributed by atoms with Crippen LogP contribution < -0.4 is 10.6 Å². The molecular formula is C21H22N2O5. The molecule has 0 radical (unpaired) electrons. The lowest BCUT2D eigenvalue weighted by molar-refractivity contribution is -0.138. The van der Waals surface area contributed by atoms with E-state index < -0.39 is 17.4 Å². The summed E-state index contributed by atoms with van der Waals surface area (Å²) in [5.41, 5.74) is 1.27. The van der Waals surface area contributed by atoms with E-state index in [0.29, 0.717) is 29.8 Å². The summed E-state index contributed by atoms with van der Waals surface area (Å²) in [5, 5.41) is 14.8. The third-order valence-electron chi connectivity index (χ3n) is 4.76. The SMILES string of the molecule is Cc1ccc(C(=O)NC2(CC(=O)O)CCOC2)cc1NC(=O)c1ccccc1. The molecule has 0 aromatic heterocycles. The summed E-state index contributed by atoms with van der Waals surface area (Å²) < 4.78 is 5.31. The van der Waals surface area contributed by atoms with E-state index in [4.69, 9.17) is 9.84 Å². The number of hydrogen-bond donors (Lipinski definition) is 3. The fourth-order valence-corrected chi connectivity index (χ4v) is 3.17. The number of anilines is 1. The van der Waals surface area contributed by atoms with E-state index in [1.54, 1.807) is 42.5 Å². The van der Waals surface area contributed by atoms with Crippen LogP contribution in [0.15, 0.2) is 48.5 Å². The van der Waals surface area contributed by atoms with E-state index in [2.05, 4.69) is 10.6 Å². The quantitative estimate of drug-likeness (QED) is 0.712. The number of carbonyl (C=O) groups excluding carboxylic acids is 2. The van der Waals surface area contributed by atoms with Gasteiger partial charge in [0.1, 0.15) is 0 Å². The van der Waals surface area contributed by atoms with E-state index in [-0.39, 0.29) is 18.9 Å². The summed E-state index contributed by atoms with van der Waals surface area (Å²) >= 11 is 0. The Balaban J connectivity index is 1.77. The van der Waals surface area contributed by atoms with Gasteiger partial charge in [0.05, 0.1) is 18.6 Å². The molecule has 1 aliphatic rings. The molecule has 1 heterocycles. The molecule has 1 aliphatic heterocycles. The first kappa shape index (κ1) is 19.6. The highest BCUT2D eigenvalue weighted by atomic mass is 16.5. The minimum absolute atomic E-state index is 0.161. The van der Waals surface area contributed by atoms with Crippen LogP contribution in [-0.2, 0) is 9.53 Å². The Hall–Kier alpha value is -3.19. The van der Waals surface area contributed by atoms with Crippen molar-refractivity contribution in [2.45, 2.75) is 25.3 Å². The van der Waals surface area contributed by atoms with Crippen LogP contribution in [-0.4, -0.2) is 41.6 Å². The Morgan fingerprint density at radius 1 is 1.07 bits per heavy atom. The molecule has 2 aromatic rings. The van der Waals surface area contributed by atoms with E-state index in [0.717, 1.165) is 5.56 Å². The van der Waals surface area contributed by atoms with E-state index >= 15 is 0 Å². The standard InChI is InChI=1S/C21H22N2O5/c1-14-7-8-16(11-17(14)22-19(26)15-5-3-2-4-6-15)20(27)23-21(12-18(24)25)9-10-28-13-21/h2-8,11H,9-10,12-13H2,1H3,(H,22,26)(H,23,27)(H,24,25). The first-order valence-electron chi connectivity index (χ1n) is 8.98. The van der Waals surface area contributed by atoms with Crippen LogP contribution in [0.1, 0.15) is 39.1 Å². The second kappa shape index (κ2) is 8.22. The van der Waals surface area contributed by atoms with Gasteiger partial charge in [-0.15, -0.1) is 0 Å². The van der Waals surface area contributed by atoms with Gasteiger partial charge < -0.3 is 20.5 Å². The van der Waals surface area contributed by atoms with Crippen molar-refractivity contribution in [3.8, 4) is 0 Å². The Labute approximate surface area is 162 Å². The summed E-state index contributed by atoms with van der Waals surface area (Å²) in [4.78, 5) is 36.3. The van der Waals surface area contributed by atoms with Crippen LogP contribution in [0.5, 0.6) is 0 Å². The lowest BCUT2D eigenvalue weighted by Gasteiger charge is -2.27. The van der Waals surface area contributed by atoms with Crippen LogP contribution in [0.25, 0.3) is 0 Å². The Morgan fingerprint density at radius 3 is 2.46 bits per heavy atom. The monoisotopic (exact) mass is 382 g/mol. The van der Waals surface area contributed by atoms with E-state index in [1.165, 1.54) is 0 Å². The minimum Gasteiger partial charge on any atom is -0.481 e. The maximum atomic E-state index is 12.7. The van der Waals surface area contributed by atoms with Gasteiger partial charge in [0, 0.05) is 23.4 Å². The highest BCUT2D eigenvalue weighted by molar-refractivity contribution is 6.05. The molecule has 2 amide bonds. The number of rotatable bonds is 6. The molecular weight excluding hydrogens is 360 g/mol. The Morgan fingerprint density at radius 2 is 1.82 bits per heavy atom. The lowest BCUT2D eigenvalue weighted by Crippen LogP contribution is -2.50. The predicted molar refractivity (Wildman–Crippen MR) is 103 cm³/mol. The fourth-order valence-electron chi connectivity index (χ4n) is 3.17. The van der Waals surface area contributed by atoms with Crippen molar-refractivity contribution in [3.05, 3.63) is 65.2 Å². The van der Waals surface area contributed by atoms with Gasteiger partial charge >= 0.3 is 5.97 Å². The molecule has 7 heteroatoms. The third-order valence-corrected chi connectivity index (χ3v) is 4.76. The molecule has 146 valence electrons. The number of nitrogens with one attached hydrogen (secondary N) is 2. The maximum Gasteiger partial charge on any atom is 0.305 e. The zero-order valence-corrected chi connectivity index (χ0v) is 15.5. The van der Waals surface area contributed by atoms with Gasteiger partial charge in [-0.2, -0.15) is 0 Å². The molecule has 1 fully saturated rings. The van der Waals surface area contributed by atoms with Crippen LogP contribution in [0, 0.1) is 6.92 Å². The molecule has 0 spiro atoms. The molecule has 3 N–H and O–H groups in total. The summed E-state index contributed by atoms with van der Waals surface area (Å²) in [7, 11) is 0. The number of carboxylic acid groups (broad SMARTS) is 1. The van der Waals surface area contributed by atoms with Crippen LogP contribution in [0.4, 0.5) is 5.69 Å². The van der Waals surface area contributed by atoms with Crippen molar-refractivity contribution in [2.24, 2.45) is 0 Å². The molecule has 2 aromatic carbocycles. The number of benzene rings is 2. The second-order valence-electron chi connectivity index (χ2n) is 6.96. The van der Waals surface area contributed by atoms with Crippen molar-refractivity contribution in [1.82, 2.24) is 5.32 Å². The van der Waals surface area contributed by atoms with Gasteiger partial charge in [-0.1, -0.05) is 24.3 Å². The number of amides is 2.